The van der Waals surface area contributed by atoms with Gasteiger partial charge in [0, 0.05) is 55.4 Å². The van der Waals surface area contributed by atoms with Crippen LogP contribution in [0.15, 0.2) is 91.0 Å². The van der Waals surface area contributed by atoms with Crippen molar-refractivity contribution in [2.45, 2.75) is 154 Å². The zero-order valence-corrected chi connectivity index (χ0v) is 45.3. The number of esters is 10. The van der Waals surface area contributed by atoms with E-state index in [0.29, 0.717) is 5.56 Å². The van der Waals surface area contributed by atoms with Gasteiger partial charge in [-0.15, -0.1) is 0 Å². The van der Waals surface area contributed by atoms with Gasteiger partial charge in [0.15, 0.2) is 67.7 Å². The van der Waals surface area contributed by atoms with Gasteiger partial charge in [0.05, 0.1) is 24.3 Å². The Bertz CT molecular complexity index is 2670. The van der Waals surface area contributed by atoms with E-state index in [1.165, 1.54) is 36.4 Å². The molecule has 0 spiro atoms. The van der Waals surface area contributed by atoms with Gasteiger partial charge in [0.25, 0.3) is 0 Å². The van der Waals surface area contributed by atoms with Gasteiger partial charge in [-0.25, -0.2) is 9.59 Å². The molecule has 3 aromatic carbocycles. The molecule has 26 nitrogen and oxygen atoms in total. The standard InChI is InChI=1S/C55H62O26/c1-28(56)66-25-39-42(70-30(3)58)45(72-32(5)60)48(74-34(7)62)53(76-39)69-27-41-44(79-51(64)37-20-14-10-15-21-37)47(49(80-52(65)38-22-16-11-17-23-38)54(77-41)68-24-36-18-12-9-13-19-36)81-55-50(75-35(8)63)46(73-33(6)61)43(71-31(4)59)40(78-55)26-67-29(2)57/h9-23,39-50,53-55H,24-27H2,1-8H3/t39-,40-,41-,42-,43-,44-,45+,46+,47+,48+,49+,50+,53+,54+,55-/m1/s1. The van der Waals surface area contributed by atoms with Crippen LogP contribution in [-0.2, 0) is 121 Å². The highest BCUT2D eigenvalue weighted by Gasteiger charge is 2.59. The Morgan fingerprint density at radius 1 is 0.333 bits per heavy atom. The van der Waals surface area contributed by atoms with E-state index in [4.69, 9.17) is 75.8 Å². The first kappa shape index (κ1) is 62.3. The van der Waals surface area contributed by atoms with E-state index in [1.54, 1.807) is 54.6 Å². The van der Waals surface area contributed by atoms with Crippen molar-refractivity contribution in [3.05, 3.63) is 108 Å². The summed E-state index contributed by atoms with van der Waals surface area (Å²) >= 11 is 0. The van der Waals surface area contributed by atoms with Crippen molar-refractivity contribution in [2.24, 2.45) is 0 Å². The third kappa shape index (κ3) is 18.1. The lowest BCUT2D eigenvalue weighted by atomic mass is 9.95. The zero-order chi connectivity index (χ0) is 58.9. The fourth-order valence-corrected chi connectivity index (χ4v) is 8.82. The number of ether oxygens (including phenoxy) is 16. The van der Waals surface area contributed by atoms with E-state index >= 15 is 0 Å². The summed E-state index contributed by atoms with van der Waals surface area (Å²) in [5.74, 6) is -9.42. The maximum atomic E-state index is 14.5. The van der Waals surface area contributed by atoms with Crippen LogP contribution < -0.4 is 0 Å². The van der Waals surface area contributed by atoms with E-state index in [9.17, 15) is 47.9 Å². The monoisotopic (exact) mass is 1140 g/mol. The quantitative estimate of drug-likeness (QED) is 0.103. The van der Waals surface area contributed by atoms with E-state index < -0.39 is 172 Å². The zero-order valence-electron chi connectivity index (χ0n) is 45.3. The number of benzene rings is 3. The lowest BCUT2D eigenvalue weighted by molar-refractivity contribution is -0.366. The second kappa shape index (κ2) is 29.5. The molecule has 26 heteroatoms. The molecule has 3 fully saturated rings. The fraction of sp³-hybridized carbons (Fsp3) is 0.491. The van der Waals surface area contributed by atoms with E-state index in [0.717, 1.165) is 55.4 Å². The van der Waals surface area contributed by atoms with E-state index in [-0.39, 0.29) is 17.7 Å². The molecule has 15 atom stereocenters. The maximum absolute atomic E-state index is 14.5. The van der Waals surface area contributed by atoms with Gasteiger partial charge in [-0.05, 0) is 29.8 Å². The summed E-state index contributed by atoms with van der Waals surface area (Å²) < 4.78 is 95.6. The number of carbonyl (C=O) groups is 10. The summed E-state index contributed by atoms with van der Waals surface area (Å²) in [6, 6.07) is 23.7. The van der Waals surface area contributed by atoms with Crippen molar-refractivity contribution in [3.8, 4) is 0 Å². The molecule has 0 radical (unpaired) electrons. The average molecular weight is 1140 g/mol. The topological polar surface area (TPSA) is 318 Å². The van der Waals surface area contributed by atoms with Crippen molar-refractivity contribution in [1.82, 2.24) is 0 Å². The minimum atomic E-state index is -2.04. The molecular formula is C55H62O26. The van der Waals surface area contributed by atoms with Gasteiger partial charge >= 0.3 is 59.7 Å². The van der Waals surface area contributed by atoms with Crippen LogP contribution in [0.5, 0.6) is 0 Å². The second-order valence-corrected chi connectivity index (χ2v) is 18.4. The van der Waals surface area contributed by atoms with Crippen LogP contribution in [0.4, 0.5) is 0 Å². The van der Waals surface area contributed by atoms with Crippen LogP contribution in [0.1, 0.15) is 81.7 Å². The average Bonchev–Trinajstić information content (AvgIpc) is 3.54. The first-order chi connectivity index (χ1) is 38.6. The third-order valence-electron chi connectivity index (χ3n) is 12.0. The molecule has 0 amide bonds. The van der Waals surface area contributed by atoms with Crippen molar-refractivity contribution in [2.75, 3.05) is 19.8 Å². The number of carbonyl (C=O) groups excluding carboxylic acids is 10. The van der Waals surface area contributed by atoms with Gasteiger partial charge in [0.1, 0.15) is 37.6 Å². The van der Waals surface area contributed by atoms with Crippen LogP contribution in [-0.4, -0.2) is 172 Å². The molecule has 0 saturated carbocycles. The molecular weight excluding hydrogens is 1080 g/mol. The molecule has 0 bridgehead atoms. The molecule has 0 unspecified atom stereocenters. The van der Waals surface area contributed by atoms with E-state index in [2.05, 4.69) is 0 Å². The van der Waals surface area contributed by atoms with Gasteiger partial charge in [-0.1, -0.05) is 66.7 Å². The number of rotatable bonds is 22. The third-order valence-corrected chi connectivity index (χ3v) is 12.0. The Balaban J connectivity index is 1.55. The Morgan fingerprint density at radius 2 is 0.654 bits per heavy atom. The molecule has 3 aliphatic rings. The first-order valence-corrected chi connectivity index (χ1v) is 25.3. The predicted octanol–water partition coefficient (Wildman–Crippen LogP) is 2.95. The molecule has 0 aliphatic carbocycles. The first-order valence-electron chi connectivity index (χ1n) is 25.3. The molecule has 6 rings (SSSR count). The van der Waals surface area contributed by atoms with Crippen molar-refractivity contribution in [1.29, 1.82) is 0 Å². The van der Waals surface area contributed by atoms with Crippen molar-refractivity contribution >= 4 is 59.7 Å². The SMILES string of the molecule is CC(=O)OC[C@H]1O[C@H](OC[C@H]2O[C@H](OCc3ccccc3)[C@@H](OC(=O)c3ccccc3)[C@@H](O[C@H]3O[C@H](COC(C)=O)[C@@H](OC(C)=O)[C@H](OC(C)=O)[C@@H]3OC(C)=O)[C@@H]2OC(=O)c2ccccc2)[C@@H](OC(C)=O)[C@@H](OC(C)=O)[C@@H]1OC(C)=O. The van der Waals surface area contributed by atoms with Gasteiger partial charge < -0.3 is 75.8 Å². The van der Waals surface area contributed by atoms with Crippen LogP contribution in [0.2, 0.25) is 0 Å². The van der Waals surface area contributed by atoms with Crippen LogP contribution in [0.3, 0.4) is 0 Å². The predicted molar refractivity (Wildman–Crippen MR) is 266 cm³/mol. The highest BCUT2D eigenvalue weighted by Crippen LogP contribution is 2.38. The van der Waals surface area contributed by atoms with Crippen LogP contribution >= 0.6 is 0 Å². The second-order valence-electron chi connectivity index (χ2n) is 18.4. The Labute approximate surface area is 463 Å². The smallest absolute Gasteiger partial charge is 0.338 e. The molecule has 0 N–H and O–H groups in total. The number of hydrogen-bond acceptors (Lipinski definition) is 26. The van der Waals surface area contributed by atoms with E-state index in [1.807, 2.05) is 0 Å². The van der Waals surface area contributed by atoms with Crippen molar-refractivity contribution in [3.63, 3.8) is 0 Å². The molecule has 81 heavy (non-hydrogen) atoms. The lowest BCUT2D eigenvalue weighted by Gasteiger charge is -2.49. The summed E-state index contributed by atoms with van der Waals surface area (Å²) in [6.07, 6.45) is -26.6. The maximum Gasteiger partial charge on any atom is 0.338 e. The Morgan fingerprint density at radius 3 is 1.07 bits per heavy atom. The van der Waals surface area contributed by atoms with Gasteiger partial charge in [0.2, 0.25) is 0 Å². The highest BCUT2D eigenvalue weighted by molar-refractivity contribution is 5.90. The van der Waals surface area contributed by atoms with Crippen molar-refractivity contribution < 1.29 is 124 Å². The van der Waals surface area contributed by atoms with Gasteiger partial charge in [-0.2, -0.15) is 0 Å². The molecule has 3 aliphatic heterocycles. The highest BCUT2D eigenvalue weighted by atomic mass is 16.8. The summed E-state index contributed by atoms with van der Waals surface area (Å²) in [6.45, 7) is 5.82. The molecule has 3 aromatic rings. The fourth-order valence-electron chi connectivity index (χ4n) is 8.82. The van der Waals surface area contributed by atoms with Gasteiger partial charge in [-0.3, -0.25) is 38.4 Å². The normalized spacial score (nSPS) is 27.8. The molecule has 0 aromatic heterocycles. The summed E-state index contributed by atoms with van der Waals surface area (Å²) in [5, 5.41) is 0. The summed E-state index contributed by atoms with van der Waals surface area (Å²) in [5.41, 5.74) is 0.523. The minimum Gasteiger partial charge on any atom is -0.463 e. The summed E-state index contributed by atoms with van der Waals surface area (Å²) in [7, 11) is 0. The Hall–Kier alpha value is -7.88. The number of hydrogen-bond donors (Lipinski definition) is 0. The van der Waals surface area contributed by atoms with Crippen LogP contribution in [0.25, 0.3) is 0 Å². The molecule has 438 valence electrons. The molecule has 3 saturated heterocycles. The largest absolute Gasteiger partial charge is 0.463 e. The summed E-state index contributed by atoms with van der Waals surface area (Å²) in [4.78, 5) is 130. The molecule has 3 heterocycles. The lowest BCUT2D eigenvalue weighted by Crippen LogP contribution is -2.67. The minimum absolute atomic E-state index is 0.00250. The Kier molecular flexibility index (Phi) is 22.7. The van der Waals surface area contributed by atoms with Crippen LogP contribution in [0, 0.1) is 0 Å².